The fraction of sp³-hybridized carbons (Fsp3) is 0.320. The molecule has 1 heterocycles. The fourth-order valence-corrected chi connectivity index (χ4v) is 5.02. The lowest BCUT2D eigenvalue weighted by molar-refractivity contribution is -0.116. The number of nitrogens with one attached hydrogen (secondary N) is 2. The van der Waals surface area contributed by atoms with Crippen molar-refractivity contribution >= 4 is 46.0 Å². The predicted molar refractivity (Wildman–Crippen MR) is 137 cm³/mol. The molecule has 10 heteroatoms. The van der Waals surface area contributed by atoms with Crippen molar-refractivity contribution in [2.24, 2.45) is 0 Å². The molecule has 1 amide bonds. The van der Waals surface area contributed by atoms with Crippen molar-refractivity contribution in [3.63, 3.8) is 0 Å². The Bertz CT molecular complexity index is 1300. The highest BCUT2D eigenvalue weighted by Gasteiger charge is 2.29. The minimum absolute atomic E-state index is 0.0307. The number of nitrogens with zero attached hydrogens (tertiary/aromatic N) is 2. The smallest absolute Gasteiger partial charge is 0.295 e. The summed E-state index contributed by atoms with van der Waals surface area (Å²) in [6.45, 7) is 0. The van der Waals surface area contributed by atoms with Gasteiger partial charge in [-0.15, -0.1) is 6.42 Å². The van der Waals surface area contributed by atoms with E-state index in [0.717, 1.165) is 24.6 Å². The van der Waals surface area contributed by atoms with Gasteiger partial charge < -0.3 is 24.8 Å². The lowest BCUT2D eigenvalue weighted by atomic mass is 10.0. The Morgan fingerprint density at radius 3 is 2.31 bits per heavy atom. The molecule has 1 aliphatic carbocycles. The molecule has 1 saturated carbocycles. The monoisotopic (exact) mass is 514 g/mol. The molecule has 4 rings (SSSR count). The molecular weight excluding hydrogens is 491 g/mol. The minimum Gasteiger partial charge on any atom is -0.495 e. The molecule has 0 bridgehead atoms. The third kappa shape index (κ3) is 4.88. The van der Waals surface area contributed by atoms with E-state index in [1.807, 2.05) is 6.07 Å². The largest absolute Gasteiger partial charge is 0.495 e. The van der Waals surface area contributed by atoms with Crippen LogP contribution < -0.4 is 24.8 Å². The number of terminal acetylenes is 1. The summed E-state index contributed by atoms with van der Waals surface area (Å²) in [5.41, 5.74) is 1.85. The van der Waals surface area contributed by atoms with E-state index in [0.29, 0.717) is 49.9 Å². The van der Waals surface area contributed by atoms with E-state index in [1.165, 1.54) is 14.2 Å². The third-order valence-electron chi connectivity index (χ3n) is 6.01. The van der Waals surface area contributed by atoms with Gasteiger partial charge in [0, 0.05) is 35.3 Å². The number of rotatable bonds is 7. The number of amides is 1. The molecule has 1 aromatic heterocycles. The van der Waals surface area contributed by atoms with Crippen LogP contribution in [0.5, 0.6) is 17.2 Å². The molecule has 0 spiro atoms. The van der Waals surface area contributed by atoms with E-state index in [9.17, 15) is 4.79 Å². The second-order valence-corrected chi connectivity index (χ2v) is 8.76. The first-order chi connectivity index (χ1) is 16.9. The summed E-state index contributed by atoms with van der Waals surface area (Å²) in [7, 11) is 4.61. The Balaban J connectivity index is 1.73. The Labute approximate surface area is 213 Å². The lowest BCUT2D eigenvalue weighted by Crippen LogP contribution is -2.43. The van der Waals surface area contributed by atoms with Crippen molar-refractivity contribution in [2.75, 3.05) is 26.6 Å². The van der Waals surface area contributed by atoms with Crippen molar-refractivity contribution < 1.29 is 19.0 Å². The van der Waals surface area contributed by atoms with Crippen molar-refractivity contribution in [3.05, 3.63) is 34.4 Å². The van der Waals surface area contributed by atoms with E-state index >= 15 is 0 Å². The van der Waals surface area contributed by atoms with Gasteiger partial charge in [0.1, 0.15) is 22.8 Å². The molecule has 3 aromatic rings. The van der Waals surface area contributed by atoms with Gasteiger partial charge in [0.15, 0.2) is 0 Å². The first-order valence-corrected chi connectivity index (χ1v) is 11.6. The highest BCUT2D eigenvalue weighted by Crippen LogP contribution is 2.47. The summed E-state index contributed by atoms with van der Waals surface area (Å²) >= 11 is 13.2. The van der Waals surface area contributed by atoms with Gasteiger partial charge in [-0.3, -0.25) is 4.79 Å². The maximum Gasteiger partial charge on any atom is 0.295 e. The van der Waals surface area contributed by atoms with E-state index in [2.05, 4.69) is 26.5 Å². The number of benzene rings is 2. The molecule has 1 fully saturated rings. The molecule has 35 heavy (non-hydrogen) atoms. The molecule has 182 valence electrons. The normalized spacial score (nSPS) is 17.0. The molecule has 0 saturated heterocycles. The average Bonchev–Trinajstić information content (AvgIpc) is 3.29. The van der Waals surface area contributed by atoms with E-state index in [4.69, 9.17) is 43.8 Å². The second kappa shape index (κ2) is 10.5. The van der Waals surface area contributed by atoms with Crippen LogP contribution in [0.2, 0.25) is 10.0 Å². The summed E-state index contributed by atoms with van der Waals surface area (Å²) in [5.74, 6) is 3.47. The first kappa shape index (κ1) is 24.7. The number of hydrogen-bond donors (Lipinski definition) is 2. The van der Waals surface area contributed by atoms with Gasteiger partial charge in [-0.25, -0.2) is 9.97 Å². The summed E-state index contributed by atoms with van der Waals surface area (Å²) in [5, 5.41) is 7.59. The highest BCUT2D eigenvalue weighted by atomic mass is 35.5. The summed E-state index contributed by atoms with van der Waals surface area (Å²) < 4.78 is 16.4. The lowest BCUT2D eigenvalue weighted by Gasteiger charge is -2.21. The van der Waals surface area contributed by atoms with Crippen molar-refractivity contribution in [3.8, 4) is 40.7 Å². The van der Waals surface area contributed by atoms with Crippen LogP contribution in [0.4, 0.5) is 5.95 Å². The second-order valence-electron chi connectivity index (χ2n) is 8.00. The van der Waals surface area contributed by atoms with Crippen LogP contribution in [0, 0.1) is 12.3 Å². The Morgan fingerprint density at radius 1 is 1.03 bits per heavy atom. The molecule has 8 nitrogen and oxygen atoms in total. The van der Waals surface area contributed by atoms with Crippen molar-refractivity contribution in [1.29, 1.82) is 0 Å². The Morgan fingerprint density at radius 2 is 1.69 bits per heavy atom. The van der Waals surface area contributed by atoms with Crippen LogP contribution in [0.1, 0.15) is 19.3 Å². The Kier molecular flexibility index (Phi) is 7.39. The number of anilines is 1. The van der Waals surface area contributed by atoms with Crippen molar-refractivity contribution in [2.45, 2.75) is 31.3 Å². The maximum absolute atomic E-state index is 11.6. The minimum atomic E-state index is -0.427. The zero-order valence-electron chi connectivity index (χ0n) is 19.4. The standard InChI is InChI=1S/C25H24Cl2N4O4/c1-5-20(32)29-15-7-6-8-16(15)30-25-28-12-14-9-13(10-19(35-4)24(14)31-25)21-22(26)17(33-2)11-18(34-3)23(21)27/h1,9-12,15-16H,6-8H2,2-4H3,(H,29,32)(H,28,30,31)/t15?,16-/m1/s1. The van der Waals surface area contributed by atoms with Crippen LogP contribution in [-0.4, -0.2) is 49.3 Å². The molecule has 2 aromatic carbocycles. The molecule has 1 unspecified atom stereocenters. The van der Waals surface area contributed by atoms with E-state index in [-0.39, 0.29) is 12.1 Å². The topological polar surface area (TPSA) is 94.6 Å². The highest BCUT2D eigenvalue weighted by molar-refractivity contribution is 6.41. The van der Waals surface area contributed by atoms with Gasteiger partial charge in [0.2, 0.25) is 5.95 Å². The number of carbonyl (C=O) groups excluding carboxylic acids is 1. The van der Waals surface area contributed by atoms with Gasteiger partial charge in [-0.05, 0) is 42.9 Å². The van der Waals surface area contributed by atoms with Gasteiger partial charge in [-0.1, -0.05) is 23.2 Å². The van der Waals surface area contributed by atoms with E-state index in [1.54, 1.807) is 25.4 Å². The third-order valence-corrected chi connectivity index (χ3v) is 6.76. The number of halogens is 2. The predicted octanol–water partition coefficient (Wildman–Crippen LogP) is 4.71. The van der Waals surface area contributed by atoms with Gasteiger partial charge >= 0.3 is 0 Å². The molecule has 2 atom stereocenters. The molecule has 2 N–H and O–H groups in total. The first-order valence-electron chi connectivity index (χ1n) is 10.9. The summed E-state index contributed by atoms with van der Waals surface area (Å²) in [4.78, 5) is 20.8. The molecular formula is C25H24Cl2N4O4. The SMILES string of the molecule is C#CC(=O)NC1CCC[C@H]1Nc1ncc2cc(-c3c(Cl)c(OC)cc(OC)c3Cl)cc(OC)c2n1. The number of methoxy groups -OCH3 is 3. The number of aromatic nitrogens is 2. The number of hydrogen-bond acceptors (Lipinski definition) is 7. The quantitative estimate of drug-likeness (QED) is 0.440. The van der Waals surface area contributed by atoms with Crippen LogP contribution in [0.15, 0.2) is 24.4 Å². The van der Waals surface area contributed by atoms with Gasteiger partial charge in [0.05, 0.1) is 31.4 Å². The zero-order valence-corrected chi connectivity index (χ0v) is 21.0. The van der Waals surface area contributed by atoms with Crippen molar-refractivity contribution in [1.82, 2.24) is 15.3 Å². The summed E-state index contributed by atoms with van der Waals surface area (Å²) in [6.07, 6.45) is 9.54. The Hall–Kier alpha value is -3.41. The van der Waals surface area contributed by atoms with Gasteiger partial charge in [-0.2, -0.15) is 0 Å². The number of ether oxygens (including phenoxy) is 3. The van der Waals surface area contributed by atoms with Crippen LogP contribution in [0.3, 0.4) is 0 Å². The molecule has 0 aliphatic heterocycles. The maximum atomic E-state index is 11.6. The number of carbonyl (C=O) groups is 1. The van der Waals surface area contributed by atoms with Crippen LogP contribution >= 0.6 is 23.2 Å². The fourth-order valence-electron chi connectivity index (χ4n) is 4.30. The molecule has 0 radical (unpaired) electrons. The number of fused-ring (bicyclic) bond motifs is 1. The van der Waals surface area contributed by atoms with Crippen LogP contribution in [-0.2, 0) is 4.79 Å². The van der Waals surface area contributed by atoms with E-state index < -0.39 is 5.91 Å². The summed E-state index contributed by atoms with van der Waals surface area (Å²) in [6, 6.07) is 5.19. The molecule has 1 aliphatic rings. The van der Waals surface area contributed by atoms with Crippen LogP contribution in [0.25, 0.3) is 22.0 Å². The average molecular weight is 515 g/mol. The zero-order chi connectivity index (χ0) is 25.1. The van der Waals surface area contributed by atoms with Gasteiger partial charge in [0.25, 0.3) is 5.91 Å².